The van der Waals surface area contributed by atoms with Gasteiger partial charge in [0.2, 0.25) is 0 Å². The summed E-state index contributed by atoms with van der Waals surface area (Å²) in [6.45, 7) is 3.72. The molecule has 3 aromatic rings. The van der Waals surface area contributed by atoms with E-state index in [0.29, 0.717) is 11.1 Å². The quantitative estimate of drug-likeness (QED) is 0.614. The van der Waals surface area contributed by atoms with Crippen LogP contribution in [0, 0.1) is 25.2 Å². The molecule has 0 spiro atoms. The summed E-state index contributed by atoms with van der Waals surface area (Å²) < 4.78 is 32.4. The topological polar surface area (TPSA) is 89.2 Å². The first kappa shape index (κ1) is 19.6. The number of aryl methyl sites for hydroxylation is 2. The molecule has 1 atom stereocenters. The second-order valence-corrected chi connectivity index (χ2v) is 8.46. The van der Waals surface area contributed by atoms with Gasteiger partial charge in [-0.1, -0.05) is 29.8 Å². The number of benzene rings is 2. The van der Waals surface area contributed by atoms with Gasteiger partial charge in [-0.05, 0) is 43.2 Å². The Balaban J connectivity index is 2.20. The van der Waals surface area contributed by atoms with Gasteiger partial charge in [-0.25, -0.2) is 12.4 Å². The molecular weight excluding hydrogens is 376 g/mol. The molecule has 0 aliphatic heterocycles. The maximum absolute atomic E-state index is 13.2. The van der Waals surface area contributed by atoms with Crippen LogP contribution in [-0.2, 0) is 19.6 Å². The number of hydrogen-bond donors (Lipinski definition) is 0. The first-order valence-corrected chi connectivity index (χ1v) is 10.1. The van der Waals surface area contributed by atoms with Crippen molar-refractivity contribution in [3.05, 3.63) is 65.4 Å². The maximum atomic E-state index is 13.2. The largest absolute Gasteiger partial charge is 0.469 e. The average Bonchev–Trinajstić information content (AvgIpc) is 3.02. The smallest absolute Gasteiger partial charge is 0.314 e. The standard InChI is InChI=1S/C21H20N2O4S/c1-14-4-7-17(8-5-14)28(25,26)23-13-15(2)18-9-6-16(12-20(18)23)19(10-11-22)21(24)27-3/h4-9,12-13,19H,10H2,1-3H3. The van der Waals surface area contributed by atoms with E-state index in [0.717, 1.165) is 16.5 Å². The number of methoxy groups -OCH3 is 1. The third kappa shape index (κ3) is 3.39. The highest BCUT2D eigenvalue weighted by molar-refractivity contribution is 7.90. The summed E-state index contributed by atoms with van der Waals surface area (Å²) in [5.74, 6) is -1.30. The minimum Gasteiger partial charge on any atom is -0.469 e. The van der Waals surface area contributed by atoms with Crippen LogP contribution >= 0.6 is 0 Å². The zero-order valence-electron chi connectivity index (χ0n) is 15.8. The van der Waals surface area contributed by atoms with Crippen LogP contribution in [-0.4, -0.2) is 25.5 Å². The average molecular weight is 396 g/mol. The van der Waals surface area contributed by atoms with Gasteiger partial charge in [-0.3, -0.25) is 4.79 Å². The normalized spacial score (nSPS) is 12.5. The van der Waals surface area contributed by atoms with Gasteiger partial charge in [-0.2, -0.15) is 5.26 Å². The van der Waals surface area contributed by atoms with E-state index in [9.17, 15) is 13.2 Å². The van der Waals surface area contributed by atoms with Gasteiger partial charge in [0.1, 0.15) is 0 Å². The van der Waals surface area contributed by atoms with Gasteiger partial charge >= 0.3 is 5.97 Å². The molecule has 0 bridgehead atoms. The van der Waals surface area contributed by atoms with Crippen molar-refractivity contribution in [2.45, 2.75) is 31.1 Å². The van der Waals surface area contributed by atoms with E-state index in [2.05, 4.69) is 0 Å². The molecule has 28 heavy (non-hydrogen) atoms. The fourth-order valence-corrected chi connectivity index (χ4v) is 4.60. The van der Waals surface area contributed by atoms with Crippen LogP contribution < -0.4 is 0 Å². The molecule has 0 N–H and O–H groups in total. The molecule has 6 nitrogen and oxygen atoms in total. The highest BCUT2D eigenvalue weighted by atomic mass is 32.2. The summed E-state index contributed by atoms with van der Waals surface area (Å²) in [6.07, 6.45) is 1.52. The Morgan fingerprint density at radius 2 is 1.86 bits per heavy atom. The van der Waals surface area contributed by atoms with Crippen molar-refractivity contribution in [2.24, 2.45) is 0 Å². The highest BCUT2D eigenvalue weighted by Crippen LogP contribution is 2.30. The second kappa shape index (κ2) is 7.49. The predicted octanol–water partition coefficient (Wildman–Crippen LogP) is 3.67. The van der Waals surface area contributed by atoms with Crippen LogP contribution in [0.1, 0.15) is 29.0 Å². The summed E-state index contributed by atoms with van der Waals surface area (Å²) in [5.41, 5.74) is 2.76. The first-order valence-electron chi connectivity index (χ1n) is 8.68. The van der Waals surface area contributed by atoms with Gasteiger partial charge in [0.15, 0.2) is 0 Å². The minimum absolute atomic E-state index is 0.0530. The summed E-state index contributed by atoms with van der Waals surface area (Å²) in [6, 6.07) is 13.8. The Kier molecular flexibility index (Phi) is 5.25. The molecule has 0 fully saturated rings. The van der Waals surface area contributed by atoms with Gasteiger partial charge in [0.05, 0.1) is 35.9 Å². The summed E-state index contributed by atoms with van der Waals surface area (Å²) in [4.78, 5) is 12.3. The van der Waals surface area contributed by atoms with Crippen molar-refractivity contribution in [3.8, 4) is 6.07 Å². The number of nitriles is 1. The number of rotatable bonds is 5. The zero-order valence-corrected chi connectivity index (χ0v) is 16.7. The van der Waals surface area contributed by atoms with Crippen LogP contribution in [0.5, 0.6) is 0 Å². The Hall–Kier alpha value is -3.11. The van der Waals surface area contributed by atoms with Crippen molar-refractivity contribution >= 4 is 26.9 Å². The number of ether oxygens (including phenoxy) is 1. The lowest BCUT2D eigenvalue weighted by Crippen LogP contribution is -2.15. The highest BCUT2D eigenvalue weighted by Gasteiger charge is 2.25. The molecule has 2 aromatic carbocycles. The lowest BCUT2D eigenvalue weighted by molar-refractivity contribution is -0.142. The monoisotopic (exact) mass is 396 g/mol. The van der Waals surface area contributed by atoms with E-state index in [1.54, 1.807) is 48.7 Å². The lowest BCUT2D eigenvalue weighted by Gasteiger charge is -2.13. The molecule has 0 aliphatic carbocycles. The zero-order chi connectivity index (χ0) is 20.5. The number of aromatic nitrogens is 1. The number of hydrogen-bond acceptors (Lipinski definition) is 5. The SMILES string of the molecule is COC(=O)C(CC#N)c1ccc2c(C)cn(S(=O)(=O)c3ccc(C)cc3)c2c1. The van der Waals surface area contributed by atoms with E-state index in [-0.39, 0.29) is 11.3 Å². The molecule has 144 valence electrons. The molecule has 0 radical (unpaired) electrons. The minimum atomic E-state index is -3.81. The molecule has 0 aliphatic rings. The number of carbonyl (C=O) groups is 1. The summed E-state index contributed by atoms with van der Waals surface area (Å²) in [5, 5.41) is 9.82. The second-order valence-electron chi connectivity index (χ2n) is 6.64. The van der Waals surface area contributed by atoms with Gasteiger partial charge < -0.3 is 4.74 Å². The Morgan fingerprint density at radius 1 is 1.18 bits per heavy atom. The third-order valence-electron chi connectivity index (χ3n) is 4.76. The Labute approximate surface area is 164 Å². The van der Waals surface area contributed by atoms with Crippen molar-refractivity contribution in [3.63, 3.8) is 0 Å². The lowest BCUT2D eigenvalue weighted by atomic mass is 9.95. The van der Waals surface area contributed by atoms with Gasteiger partial charge in [0, 0.05) is 11.6 Å². The maximum Gasteiger partial charge on any atom is 0.314 e. The van der Waals surface area contributed by atoms with Crippen LogP contribution in [0.3, 0.4) is 0 Å². The number of esters is 1. The number of carbonyl (C=O) groups excluding carboxylic acids is 1. The van der Waals surface area contributed by atoms with E-state index >= 15 is 0 Å². The predicted molar refractivity (Wildman–Crippen MR) is 105 cm³/mol. The van der Waals surface area contributed by atoms with E-state index in [4.69, 9.17) is 10.00 Å². The fraction of sp³-hybridized carbons (Fsp3) is 0.238. The van der Waals surface area contributed by atoms with Crippen LogP contribution in [0.4, 0.5) is 0 Å². The summed E-state index contributed by atoms with van der Waals surface area (Å²) in [7, 11) is -2.54. The molecule has 0 amide bonds. The van der Waals surface area contributed by atoms with E-state index < -0.39 is 21.9 Å². The molecular formula is C21H20N2O4S. The van der Waals surface area contributed by atoms with E-state index in [1.807, 2.05) is 19.9 Å². The number of nitrogens with zero attached hydrogens (tertiary/aromatic N) is 2. The molecule has 1 heterocycles. The van der Waals surface area contributed by atoms with Crippen molar-refractivity contribution in [1.29, 1.82) is 5.26 Å². The van der Waals surface area contributed by atoms with Crippen LogP contribution in [0.25, 0.3) is 10.9 Å². The van der Waals surface area contributed by atoms with Crippen LogP contribution in [0.2, 0.25) is 0 Å². The van der Waals surface area contributed by atoms with Crippen LogP contribution in [0.15, 0.2) is 53.6 Å². The fourth-order valence-electron chi connectivity index (χ4n) is 3.19. The molecule has 1 unspecified atom stereocenters. The third-order valence-corrected chi connectivity index (χ3v) is 6.44. The first-order chi connectivity index (χ1) is 13.3. The summed E-state index contributed by atoms with van der Waals surface area (Å²) >= 11 is 0. The van der Waals surface area contributed by atoms with Gasteiger partial charge in [-0.15, -0.1) is 0 Å². The molecule has 3 rings (SSSR count). The van der Waals surface area contributed by atoms with Gasteiger partial charge in [0.25, 0.3) is 10.0 Å². The molecule has 1 aromatic heterocycles. The molecule has 7 heteroatoms. The van der Waals surface area contributed by atoms with E-state index in [1.165, 1.54) is 11.1 Å². The Morgan fingerprint density at radius 3 is 2.46 bits per heavy atom. The molecule has 0 saturated heterocycles. The number of fused-ring (bicyclic) bond motifs is 1. The van der Waals surface area contributed by atoms with Crippen molar-refractivity contribution < 1.29 is 17.9 Å². The Bertz CT molecular complexity index is 1190. The van der Waals surface area contributed by atoms with Crippen molar-refractivity contribution in [1.82, 2.24) is 3.97 Å². The van der Waals surface area contributed by atoms with Crippen molar-refractivity contribution in [2.75, 3.05) is 7.11 Å². The molecule has 0 saturated carbocycles.